The van der Waals surface area contributed by atoms with Crippen molar-refractivity contribution in [2.45, 2.75) is 10.1 Å². The molecule has 136 valence electrons. The Morgan fingerprint density at radius 1 is 1.00 bits per heavy atom. The number of amides is 2. The number of phenols is 1. The number of fused-ring (bicyclic) bond motifs is 1. The highest BCUT2D eigenvalue weighted by Crippen LogP contribution is 2.32. The quantitative estimate of drug-likeness (QED) is 0.656. The number of carbonyl (C=O) groups is 2. The number of hydrogen-bond donors (Lipinski definition) is 2. The van der Waals surface area contributed by atoms with Crippen LogP contribution >= 0.6 is 0 Å². The Hall–Kier alpha value is -3.46. The first-order chi connectivity index (χ1) is 12.9. The molecule has 0 radical (unpaired) electrons. The molecule has 0 saturated carbocycles. The Labute approximate surface area is 154 Å². The second-order valence-electron chi connectivity index (χ2n) is 5.89. The van der Waals surface area contributed by atoms with Gasteiger partial charge in [0.25, 0.3) is 11.8 Å². The number of rotatable bonds is 3. The van der Waals surface area contributed by atoms with Crippen molar-refractivity contribution in [3.63, 3.8) is 0 Å². The van der Waals surface area contributed by atoms with Crippen molar-refractivity contribution in [1.29, 1.82) is 0 Å². The zero-order chi connectivity index (χ0) is 19.2. The van der Waals surface area contributed by atoms with Gasteiger partial charge in [-0.1, -0.05) is 18.2 Å². The van der Waals surface area contributed by atoms with Crippen molar-refractivity contribution in [1.82, 2.24) is 10.4 Å². The fraction of sp³-hybridized carbons (Fsp3) is 0.0556. The number of phenolic OH excluding ortho intramolecular Hbond substituents is 1. The third kappa shape index (κ3) is 2.59. The molecule has 0 bridgehead atoms. The average molecular weight is 383 g/mol. The fourth-order valence-corrected chi connectivity index (χ4v) is 4.69. The minimum absolute atomic E-state index is 0.0735. The highest BCUT2D eigenvalue weighted by molar-refractivity contribution is 7.94. The second-order valence-corrected chi connectivity index (χ2v) is 7.89. The maximum Gasteiger partial charge on any atom is 0.274 e. The average Bonchev–Trinajstić information content (AvgIpc) is 2.97. The number of para-hydroxylation sites is 1. The van der Waals surface area contributed by atoms with E-state index < -0.39 is 26.9 Å². The van der Waals surface area contributed by atoms with E-state index in [1.54, 1.807) is 30.3 Å². The van der Waals surface area contributed by atoms with Gasteiger partial charge in [0.15, 0.2) is 9.84 Å². The molecular weight excluding hydrogens is 370 g/mol. The number of pyridine rings is 1. The molecule has 0 spiro atoms. The van der Waals surface area contributed by atoms with Crippen molar-refractivity contribution in [2.75, 3.05) is 5.01 Å². The van der Waals surface area contributed by atoms with E-state index in [0.29, 0.717) is 5.69 Å². The normalized spacial score (nSPS) is 17.3. The van der Waals surface area contributed by atoms with Crippen LogP contribution in [0.1, 0.15) is 0 Å². The Kier molecular flexibility index (Phi) is 3.81. The van der Waals surface area contributed by atoms with Crippen molar-refractivity contribution >= 4 is 38.2 Å². The lowest BCUT2D eigenvalue weighted by atomic mass is 10.2. The molecule has 0 aliphatic carbocycles. The van der Waals surface area contributed by atoms with Crippen LogP contribution in [-0.4, -0.2) is 35.6 Å². The Balaban J connectivity index is 1.83. The van der Waals surface area contributed by atoms with Crippen molar-refractivity contribution in [3.05, 3.63) is 60.8 Å². The molecule has 1 aliphatic rings. The highest BCUT2D eigenvalue weighted by atomic mass is 32.2. The van der Waals surface area contributed by atoms with Gasteiger partial charge < -0.3 is 5.11 Å². The number of nitrogens with zero attached hydrogens (tertiary/aromatic N) is 2. The third-order valence-electron chi connectivity index (χ3n) is 4.24. The largest absolute Gasteiger partial charge is 0.506 e. The molecule has 1 saturated heterocycles. The van der Waals surface area contributed by atoms with Crippen LogP contribution in [0, 0.1) is 0 Å². The summed E-state index contributed by atoms with van der Waals surface area (Å²) in [6, 6.07) is 13.5. The molecule has 1 fully saturated rings. The number of aromatic hydroxyl groups is 1. The predicted molar refractivity (Wildman–Crippen MR) is 96.5 cm³/mol. The SMILES string of the molecule is O=C1NN(c2ccccc2)C(=O)[C@@H]1S(=O)(=O)c1ccc(O)c2ncccc12. The van der Waals surface area contributed by atoms with Gasteiger partial charge in [-0.3, -0.25) is 20.0 Å². The van der Waals surface area contributed by atoms with E-state index in [1.165, 1.54) is 30.5 Å². The summed E-state index contributed by atoms with van der Waals surface area (Å²) in [4.78, 5) is 28.8. The number of carbonyl (C=O) groups excluding carboxylic acids is 2. The van der Waals surface area contributed by atoms with Crippen molar-refractivity contribution < 1.29 is 23.1 Å². The number of nitrogens with one attached hydrogen (secondary N) is 1. The number of aromatic nitrogens is 1. The van der Waals surface area contributed by atoms with E-state index in [2.05, 4.69) is 10.4 Å². The third-order valence-corrected chi connectivity index (χ3v) is 6.25. The maximum atomic E-state index is 13.1. The van der Waals surface area contributed by atoms with Crippen molar-refractivity contribution in [3.8, 4) is 5.75 Å². The molecule has 8 nitrogen and oxygen atoms in total. The molecule has 3 aromatic rings. The zero-order valence-electron chi connectivity index (χ0n) is 13.7. The molecule has 2 amide bonds. The second kappa shape index (κ2) is 6.06. The van der Waals surface area contributed by atoms with Gasteiger partial charge in [0.2, 0.25) is 5.25 Å². The van der Waals surface area contributed by atoms with Gasteiger partial charge in [0.05, 0.1) is 10.6 Å². The molecule has 4 rings (SSSR count). The fourth-order valence-electron chi connectivity index (χ4n) is 3.00. The van der Waals surface area contributed by atoms with Gasteiger partial charge in [-0.2, -0.15) is 0 Å². The van der Waals surface area contributed by atoms with Crippen LogP contribution < -0.4 is 10.4 Å². The maximum absolute atomic E-state index is 13.1. The molecule has 27 heavy (non-hydrogen) atoms. The van der Waals surface area contributed by atoms with E-state index in [0.717, 1.165) is 5.01 Å². The lowest BCUT2D eigenvalue weighted by Gasteiger charge is -2.15. The summed E-state index contributed by atoms with van der Waals surface area (Å²) in [7, 11) is -4.38. The Morgan fingerprint density at radius 2 is 1.74 bits per heavy atom. The Morgan fingerprint density at radius 3 is 2.48 bits per heavy atom. The number of sulfone groups is 1. The first-order valence-electron chi connectivity index (χ1n) is 7.91. The molecule has 1 atom stereocenters. The van der Waals surface area contributed by atoms with Crippen LogP contribution in [-0.2, 0) is 19.4 Å². The van der Waals surface area contributed by atoms with Gasteiger partial charge in [-0.15, -0.1) is 0 Å². The summed E-state index contributed by atoms with van der Waals surface area (Å²) in [6.45, 7) is 0. The molecule has 1 aliphatic heterocycles. The van der Waals surface area contributed by atoms with Gasteiger partial charge in [0.1, 0.15) is 11.3 Å². The molecule has 1 aromatic heterocycles. The standard InChI is InChI=1S/C18H13N3O5S/c22-13-8-9-14(12-7-4-10-19-15(12)13)27(25,26)16-17(23)20-21(18(16)24)11-5-2-1-3-6-11/h1-10,16,22H,(H,20,23)/t16-/m1/s1. The van der Waals surface area contributed by atoms with Crippen LogP contribution in [0.5, 0.6) is 5.75 Å². The predicted octanol–water partition coefficient (Wildman–Crippen LogP) is 1.16. The summed E-state index contributed by atoms with van der Waals surface area (Å²) in [5, 5.41) is 9.04. The van der Waals surface area contributed by atoms with E-state index in [-0.39, 0.29) is 21.5 Å². The highest BCUT2D eigenvalue weighted by Gasteiger charge is 2.49. The Bertz CT molecular complexity index is 1180. The summed E-state index contributed by atoms with van der Waals surface area (Å²) in [5.74, 6) is -2.03. The molecule has 2 aromatic carbocycles. The van der Waals surface area contributed by atoms with Gasteiger partial charge >= 0.3 is 0 Å². The lowest BCUT2D eigenvalue weighted by Crippen LogP contribution is -2.36. The van der Waals surface area contributed by atoms with Crippen LogP contribution in [0.15, 0.2) is 65.7 Å². The number of benzene rings is 2. The summed E-state index contributed by atoms with van der Waals surface area (Å²) in [6.07, 6.45) is 1.41. The van der Waals surface area contributed by atoms with E-state index in [9.17, 15) is 23.1 Å². The minimum Gasteiger partial charge on any atom is -0.506 e. The first-order valence-corrected chi connectivity index (χ1v) is 9.46. The lowest BCUT2D eigenvalue weighted by molar-refractivity contribution is -0.121. The van der Waals surface area contributed by atoms with E-state index in [1.807, 2.05) is 0 Å². The topological polar surface area (TPSA) is 117 Å². The molecule has 2 heterocycles. The minimum atomic E-state index is -4.38. The van der Waals surface area contributed by atoms with Crippen molar-refractivity contribution in [2.24, 2.45) is 0 Å². The van der Waals surface area contributed by atoms with E-state index in [4.69, 9.17) is 0 Å². The summed E-state index contributed by atoms with van der Waals surface area (Å²) in [5.41, 5.74) is 2.73. The van der Waals surface area contributed by atoms with Gasteiger partial charge in [-0.05, 0) is 36.4 Å². The molecule has 2 N–H and O–H groups in total. The number of hydrogen-bond acceptors (Lipinski definition) is 6. The van der Waals surface area contributed by atoms with Crippen LogP contribution in [0.25, 0.3) is 10.9 Å². The molecular formula is C18H13N3O5S. The number of anilines is 1. The van der Waals surface area contributed by atoms with E-state index >= 15 is 0 Å². The smallest absolute Gasteiger partial charge is 0.274 e. The molecule has 9 heteroatoms. The van der Waals surface area contributed by atoms with Crippen LogP contribution in [0.2, 0.25) is 0 Å². The van der Waals surface area contributed by atoms with Crippen LogP contribution in [0.4, 0.5) is 5.69 Å². The monoisotopic (exact) mass is 383 g/mol. The molecule has 0 unspecified atom stereocenters. The van der Waals surface area contributed by atoms with Gasteiger partial charge in [0, 0.05) is 11.6 Å². The van der Waals surface area contributed by atoms with Gasteiger partial charge in [-0.25, -0.2) is 13.4 Å². The summed E-state index contributed by atoms with van der Waals surface area (Å²) < 4.78 is 26.3. The summed E-state index contributed by atoms with van der Waals surface area (Å²) >= 11 is 0. The zero-order valence-corrected chi connectivity index (χ0v) is 14.6. The van der Waals surface area contributed by atoms with Crippen LogP contribution in [0.3, 0.4) is 0 Å². The first kappa shape index (κ1) is 17.0. The number of hydrazine groups is 1.